The SMILES string of the molecule is C=C1/C(=C/C=C2/CCCC3(C)C2CC[C@@H]3C(C)CC[C@@](C)(O)C(C)C)C[C@@H](O)C[C@@H]1O. The maximum atomic E-state index is 10.7. The second-order valence-corrected chi connectivity index (χ2v) is 11.7. The molecule has 3 heteroatoms. The second kappa shape index (κ2) is 9.53. The zero-order valence-corrected chi connectivity index (χ0v) is 20.5. The minimum atomic E-state index is -0.621. The number of aliphatic hydroxyl groups is 3. The summed E-state index contributed by atoms with van der Waals surface area (Å²) in [6, 6.07) is 0. The molecular weight excluding hydrogens is 384 g/mol. The van der Waals surface area contributed by atoms with Gasteiger partial charge in [0.05, 0.1) is 17.8 Å². The van der Waals surface area contributed by atoms with Gasteiger partial charge in [-0.1, -0.05) is 52.0 Å². The van der Waals surface area contributed by atoms with Crippen molar-refractivity contribution in [3.63, 3.8) is 0 Å². The Morgan fingerprint density at radius 3 is 2.58 bits per heavy atom. The second-order valence-electron chi connectivity index (χ2n) is 11.7. The van der Waals surface area contributed by atoms with Gasteiger partial charge < -0.3 is 15.3 Å². The van der Waals surface area contributed by atoms with E-state index in [9.17, 15) is 15.3 Å². The van der Waals surface area contributed by atoms with Crippen molar-refractivity contribution >= 4 is 0 Å². The van der Waals surface area contributed by atoms with Gasteiger partial charge in [0.15, 0.2) is 0 Å². The van der Waals surface area contributed by atoms with Crippen molar-refractivity contribution in [1.29, 1.82) is 0 Å². The van der Waals surface area contributed by atoms with Gasteiger partial charge >= 0.3 is 0 Å². The molecule has 3 nitrogen and oxygen atoms in total. The van der Waals surface area contributed by atoms with Crippen molar-refractivity contribution in [1.82, 2.24) is 0 Å². The number of fused-ring (bicyclic) bond motifs is 1. The van der Waals surface area contributed by atoms with Crippen LogP contribution >= 0.6 is 0 Å². The molecule has 31 heavy (non-hydrogen) atoms. The van der Waals surface area contributed by atoms with Crippen molar-refractivity contribution in [2.75, 3.05) is 0 Å². The van der Waals surface area contributed by atoms with Crippen LogP contribution in [-0.2, 0) is 0 Å². The molecule has 3 N–H and O–H groups in total. The summed E-state index contributed by atoms with van der Waals surface area (Å²) in [5.74, 6) is 2.25. The third-order valence-corrected chi connectivity index (χ3v) is 9.34. The molecule has 3 rings (SSSR count). The van der Waals surface area contributed by atoms with Gasteiger partial charge in [0.1, 0.15) is 0 Å². The molecule has 0 aromatic heterocycles. The quantitative estimate of drug-likeness (QED) is 0.488. The molecule has 176 valence electrons. The molecule has 0 radical (unpaired) electrons. The van der Waals surface area contributed by atoms with Crippen LogP contribution in [0.4, 0.5) is 0 Å². The first-order valence-electron chi connectivity index (χ1n) is 12.6. The van der Waals surface area contributed by atoms with Crippen LogP contribution in [-0.4, -0.2) is 33.1 Å². The first-order chi connectivity index (χ1) is 14.5. The van der Waals surface area contributed by atoms with Gasteiger partial charge in [-0.25, -0.2) is 0 Å². The van der Waals surface area contributed by atoms with Crippen LogP contribution in [0, 0.1) is 29.1 Å². The third-order valence-electron chi connectivity index (χ3n) is 9.34. The van der Waals surface area contributed by atoms with Gasteiger partial charge in [-0.2, -0.15) is 0 Å². The lowest BCUT2D eigenvalue weighted by Crippen LogP contribution is -2.37. The fraction of sp³-hybridized carbons (Fsp3) is 0.786. The summed E-state index contributed by atoms with van der Waals surface area (Å²) in [7, 11) is 0. The smallest absolute Gasteiger partial charge is 0.0811 e. The lowest BCUT2D eigenvalue weighted by atomic mass is 9.60. The molecule has 3 unspecified atom stereocenters. The summed E-state index contributed by atoms with van der Waals surface area (Å²) in [6.45, 7) is 15.2. The number of hydrogen-bond donors (Lipinski definition) is 3. The molecular formula is C28H46O3. The van der Waals surface area contributed by atoms with Crippen LogP contribution in [0.3, 0.4) is 0 Å². The molecule has 3 aliphatic carbocycles. The molecule has 0 spiro atoms. The number of aliphatic hydroxyl groups excluding tert-OH is 2. The number of allylic oxidation sites excluding steroid dienone is 3. The van der Waals surface area contributed by atoms with Crippen LogP contribution < -0.4 is 0 Å². The van der Waals surface area contributed by atoms with Gasteiger partial charge in [-0.3, -0.25) is 0 Å². The van der Waals surface area contributed by atoms with Crippen LogP contribution in [0.5, 0.6) is 0 Å². The zero-order chi connectivity index (χ0) is 23.0. The van der Waals surface area contributed by atoms with E-state index in [2.05, 4.69) is 46.4 Å². The molecule has 3 aliphatic rings. The first kappa shape index (κ1) is 24.7. The fourth-order valence-electron chi connectivity index (χ4n) is 6.69. The Morgan fingerprint density at radius 1 is 1.19 bits per heavy atom. The van der Waals surface area contributed by atoms with E-state index in [1.807, 2.05) is 6.92 Å². The highest BCUT2D eigenvalue weighted by molar-refractivity contribution is 5.38. The summed E-state index contributed by atoms with van der Waals surface area (Å²) in [6.07, 6.45) is 12.5. The predicted octanol–water partition coefficient (Wildman–Crippen LogP) is 5.95. The minimum absolute atomic E-state index is 0.287. The van der Waals surface area contributed by atoms with Crippen molar-refractivity contribution in [3.8, 4) is 0 Å². The van der Waals surface area contributed by atoms with E-state index in [0.29, 0.717) is 36.0 Å². The maximum Gasteiger partial charge on any atom is 0.0811 e. The van der Waals surface area contributed by atoms with Gasteiger partial charge in [-0.05, 0) is 98.5 Å². The monoisotopic (exact) mass is 430 g/mol. The Bertz CT molecular complexity index is 716. The van der Waals surface area contributed by atoms with E-state index in [4.69, 9.17) is 0 Å². The standard InChI is InChI=1S/C28H46O3/c1-18(2)28(6,31)15-13-19(3)24-11-12-25-21(8-7-14-27(24,25)5)9-10-22-16-23(29)17-26(30)20(22)4/h9-10,18-19,23-26,29-31H,4,7-8,11-17H2,1-3,5-6H3/b21-9-,22-10+/t19?,23-,24-,25?,26+,27?,28-/m1/s1. The summed E-state index contributed by atoms with van der Waals surface area (Å²) < 4.78 is 0. The molecule has 0 heterocycles. The lowest BCUT2D eigenvalue weighted by molar-refractivity contribution is -0.00642. The Balaban J connectivity index is 1.73. The molecule has 0 aromatic rings. The third kappa shape index (κ3) is 5.20. The molecule has 3 fully saturated rings. The molecule has 0 bridgehead atoms. The topological polar surface area (TPSA) is 60.7 Å². The Labute approximate surface area is 190 Å². The largest absolute Gasteiger partial charge is 0.393 e. The highest BCUT2D eigenvalue weighted by atomic mass is 16.3. The van der Waals surface area contributed by atoms with Gasteiger partial charge in [0.2, 0.25) is 0 Å². The Kier molecular flexibility index (Phi) is 7.61. The zero-order valence-electron chi connectivity index (χ0n) is 20.5. The van der Waals surface area contributed by atoms with E-state index in [0.717, 1.165) is 30.4 Å². The first-order valence-corrected chi connectivity index (χ1v) is 12.6. The highest BCUT2D eigenvalue weighted by Crippen LogP contribution is 2.60. The van der Waals surface area contributed by atoms with Gasteiger partial charge in [0, 0.05) is 6.42 Å². The van der Waals surface area contributed by atoms with Crippen molar-refractivity contribution in [2.45, 2.75) is 110 Å². The molecule has 3 saturated carbocycles. The number of rotatable bonds is 6. The van der Waals surface area contributed by atoms with Crippen LogP contribution in [0.25, 0.3) is 0 Å². The summed E-state index contributed by atoms with van der Waals surface area (Å²) in [5, 5.41) is 30.9. The molecule has 0 amide bonds. The van der Waals surface area contributed by atoms with Gasteiger partial charge in [-0.15, -0.1) is 0 Å². The highest BCUT2D eigenvalue weighted by Gasteiger charge is 2.50. The molecule has 0 aliphatic heterocycles. The Morgan fingerprint density at radius 2 is 1.90 bits per heavy atom. The van der Waals surface area contributed by atoms with E-state index in [-0.39, 0.29) is 5.92 Å². The van der Waals surface area contributed by atoms with E-state index < -0.39 is 17.8 Å². The van der Waals surface area contributed by atoms with Crippen molar-refractivity contribution < 1.29 is 15.3 Å². The van der Waals surface area contributed by atoms with Crippen LogP contribution in [0.1, 0.15) is 92.4 Å². The van der Waals surface area contributed by atoms with E-state index in [1.54, 1.807) is 5.57 Å². The van der Waals surface area contributed by atoms with E-state index >= 15 is 0 Å². The Hall–Kier alpha value is -0.900. The molecule has 0 saturated heterocycles. The summed E-state index contributed by atoms with van der Waals surface area (Å²) in [5.41, 5.74) is 3.09. The van der Waals surface area contributed by atoms with E-state index in [1.165, 1.54) is 25.7 Å². The number of hydrogen-bond acceptors (Lipinski definition) is 3. The average Bonchev–Trinajstić information content (AvgIpc) is 3.05. The molecule has 0 aromatic carbocycles. The average molecular weight is 431 g/mol. The molecule has 7 atom stereocenters. The van der Waals surface area contributed by atoms with Gasteiger partial charge in [0.25, 0.3) is 0 Å². The lowest BCUT2D eigenvalue weighted by Gasteiger charge is -2.45. The normalized spacial score (nSPS) is 39.7. The summed E-state index contributed by atoms with van der Waals surface area (Å²) >= 11 is 0. The van der Waals surface area contributed by atoms with Crippen LogP contribution in [0.15, 0.2) is 35.5 Å². The predicted molar refractivity (Wildman–Crippen MR) is 129 cm³/mol. The van der Waals surface area contributed by atoms with Crippen molar-refractivity contribution in [3.05, 3.63) is 35.5 Å². The van der Waals surface area contributed by atoms with Crippen LogP contribution in [0.2, 0.25) is 0 Å². The minimum Gasteiger partial charge on any atom is -0.393 e. The fourth-order valence-corrected chi connectivity index (χ4v) is 6.69. The summed E-state index contributed by atoms with van der Waals surface area (Å²) in [4.78, 5) is 0. The maximum absolute atomic E-state index is 10.7. The van der Waals surface area contributed by atoms with Crippen molar-refractivity contribution in [2.24, 2.45) is 29.1 Å².